The summed E-state index contributed by atoms with van der Waals surface area (Å²) in [5.41, 5.74) is 1.50. The summed E-state index contributed by atoms with van der Waals surface area (Å²) in [5.74, 6) is 0. The molecule has 2 nitrogen and oxygen atoms in total. The molecule has 2 aromatic carbocycles. The van der Waals surface area contributed by atoms with Crippen molar-refractivity contribution >= 4 is 0 Å². The molecule has 0 aromatic heterocycles. The molecular weight excluding hydrogens is 246 g/mol. The van der Waals surface area contributed by atoms with E-state index in [-0.39, 0.29) is 0 Å². The number of rotatable bonds is 6. The topological polar surface area (TPSA) is 33.0 Å². The quantitative estimate of drug-likeness (QED) is 0.741. The summed E-state index contributed by atoms with van der Waals surface area (Å²) in [7, 11) is 1.69. The fourth-order valence-electron chi connectivity index (χ4n) is 2.57. The summed E-state index contributed by atoms with van der Waals surface area (Å²) in [6.45, 7) is 0.670. The Bertz CT molecular complexity index is 517. The van der Waals surface area contributed by atoms with Gasteiger partial charge in [0, 0.05) is 13.7 Å². The first-order valence-corrected chi connectivity index (χ1v) is 6.85. The minimum absolute atomic E-state index is 0.596. The Hall–Kier alpha value is -2.11. The molecule has 0 saturated heterocycles. The molecule has 0 spiro atoms. The molecule has 0 aliphatic heterocycles. The van der Waals surface area contributed by atoms with Crippen molar-refractivity contribution in [2.24, 2.45) is 0 Å². The molecule has 2 aromatic rings. The lowest BCUT2D eigenvalue weighted by atomic mass is 9.72. The van der Waals surface area contributed by atoms with Gasteiger partial charge in [0.1, 0.15) is 5.41 Å². The van der Waals surface area contributed by atoms with Gasteiger partial charge in [-0.05, 0) is 24.0 Å². The van der Waals surface area contributed by atoms with E-state index in [0.717, 1.165) is 24.0 Å². The number of nitriles is 1. The number of nitrogens with zero attached hydrogens (tertiary/aromatic N) is 1. The largest absolute Gasteiger partial charge is 0.385 e. The molecule has 2 rings (SSSR count). The summed E-state index contributed by atoms with van der Waals surface area (Å²) in [4.78, 5) is 0. The van der Waals surface area contributed by atoms with Gasteiger partial charge in [-0.1, -0.05) is 60.7 Å². The van der Waals surface area contributed by atoms with Crippen molar-refractivity contribution < 1.29 is 4.74 Å². The monoisotopic (exact) mass is 265 g/mol. The molecule has 0 radical (unpaired) electrons. The lowest BCUT2D eigenvalue weighted by molar-refractivity contribution is 0.189. The van der Waals surface area contributed by atoms with Gasteiger partial charge in [0.25, 0.3) is 0 Å². The minimum Gasteiger partial charge on any atom is -0.385 e. The molecule has 0 fully saturated rings. The number of benzene rings is 2. The highest BCUT2D eigenvalue weighted by Crippen LogP contribution is 2.36. The van der Waals surface area contributed by atoms with Crippen molar-refractivity contribution in [1.29, 1.82) is 5.26 Å². The van der Waals surface area contributed by atoms with Crippen LogP contribution in [0.15, 0.2) is 60.7 Å². The SMILES string of the molecule is COCCCC(C#N)(c1ccccc1)c1ccccc1. The Morgan fingerprint density at radius 2 is 1.45 bits per heavy atom. The second-order valence-corrected chi connectivity index (χ2v) is 4.85. The van der Waals surface area contributed by atoms with Gasteiger partial charge in [0.05, 0.1) is 6.07 Å². The second kappa shape index (κ2) is 6.88. The van der Waals surface area contributed by atoms with Crippen LogP contribution in [0.3, 0.4) is 0 Å². The number of hydrogen-bond acceptors (Lipinski definition) is 2. The van der Waals surface area contributed by atoms with Crippen LogP contribution in [0.1, 0.15) is 24.0 Å². The zero-order chi connectivity index (χ0) is 14.3. The first-order valence-electron chi connectivity index (χ1n) is 6.85. The van der Waals surface area contributed by atoms with Gasteiger partial charge in [0.15, 0.2) is 0 Å². The fourth-order valence-corrected chi connectivity index (χ4v) is 2.57. The van der Waals surface area contributed by atoms with Crippen molar-refractivity contribution in [1.82, 2.24) is 0 Å². The number of ether oxygens (including phenoxy) is 1. The molecular formula is C18H19NO. The third-order valence-corrected chi connectivity index (χ3v) is 3.62. The van der Waals surface area contributed by atoms with Crippen LogP contribution in [-0.2, 0) is 10.2 Å². The Morgan fingerprint density at radius 1 is 0.950 bits per heavy atom. The average Bonchev–Trinajstić information content (AvgIpc) is 2.54. The van der Waals surface area contributed by atoms with Crippen LogP contribution in [0.25, 0.3) is 0 Å². The van der Waals surface area contributed by atoms with E-state index < -0.39 is 5.41 Å². The molecule has 0 aliphatic carbocycles. The highest BCUT2D eigenvalue weighted by molar-refractivity contribution is 5.45. The summed E-state index contributed by atoms with van der Waals surface area (Å²) in [6.07, 6.45) is 1.61. The lowest BCUT2D eigenvalue weighted by Crippen LogP contribution is -2.26. The van der Waals surface area contributed by atoms with E-state index in [0.29, 0.717) is 6.61 Å². The summed E-state index contributed by atoms with van der Waals surface area (Å²) in [6, 6.07) is 22.6. The van der Waals surface area contributed by atoms with Crippen LogP contribution >= 0.6 is 0 Å². The van der Waals surface area contributed by atoms with Gasteiger partial charge < -0.3 is 4.74 Å². The van der Waals surface area contributed by atoms with Gasteiger partial charge in [-0.25, -0.2) is 0 Å². The average molecular weight is 265 g/mol. The van der Waals surface area contributed by atoms with Crippen molar-refractivity contribution in [3.05, 3.63) is 71.8 Å². The van der Waals surface area contributed by atoms with Gasteiger partial charge in [-0.3, -0.25) is 0 Å². The molecule has 0 bridgehead atoms. The Balaban J connectivity index is 2.45. The van der Waals surface area contributed by atoms with Crippen molar-refractivity contribution in [3.8, 4) is 6.07 Å². The summed E-state index contributed by atoms with van der Waals surface area (Å²) >= 11 is 0. The van der Waals surface area contributed by atoms with Crippen LogP contribution in [0, 0.1) is 11.3 Å². The van der Waals surface area contributed by atoms with Crippen molar-refractivity contribution in [2.75, 3.05) is 13.7 Å². The van der Waals surface area contributed by atoms with Crippen LogP contribution in [-0.4, -0.2) is 13.7 Å². The standard InChI is InChI=1S/C18H19NO/c1-20-14-8-13-18(15-19,16-9-4-2-5-10-16)17-11-6-3-7-12-17/h2-7,9-12H,8,13-14H2,1H3. The highest BCUT2D eigenvalue weighted by Gasteiger charge is 2.33. The first-order chi connectivity index (χ1) is 9.83. The van der Waals surface area contributed by atoms with Crippen LogP contribution in [0.5, 0.6) is 0 Å². The van der Waals surface area contributed by atoms with E-state index in [1.807, 2.05) is 60.7 Å². The number of hydrogen-bond donors (Lipinski definition) is 0. The third-order valence-electron chi connectivity index (χ3n) is 3.62. The summed E-state index contributed by atoms with van der Waals surface area (Å²) < 4.78 is 5.14. The Kier molecular flexibility index (Phi) is 4.92. The highest BCUT2D eigenvalue weighted by atomic mass is 16.5. The van der Waals surface area contributed by atoms with Gasteiger partial charge in [-0.2, -0.15) is 5.26 Å². The molecule has 0 atom stereocenters. The molecule has 0 aliphatic rings. The van der Waals surface area contributed by atoms with Gasteiger partial charge >= 0.3 is 0 Å². The molecule has 0 N–H and O–H groups in total. The van der Waals surface area contributed by atoms with Crippen molar-refractivity contribution in [3.63, 3.8) is 0 Å². The van der Waals surface area contributed by atoms with Crippen LogP contribution < -0.4 is 0 Å². The minimum atomic E-state index is -0.596. The second-order valence-electron chi connectivity index (χ2n) is 4.85. The third kappa shape index (κ3) is 2.89. The van der Waals surface area contributed by atoms with E-state index in [1.54, 1.807) is 7.11 Å². The maximum absolute atomic E-state index is 9.89. The molecule has 2 heteroatoms. The predicted octanol–water partition coefficient (Wildman–Crippen LogP) is 3.92. The normalized spacial score (nSPS) is 11.0. The zero-order valence-electron chi connectivity index (χ0n) is 11.8. The van der Waals surface area contributed by atoms with Crippen LogP contribution in [0.4, 0.5) is 0 Å². The van der Waals surface area contributed by atoms with E-state index in [2.05, 4.69) is 6.07 Å². The van der Waals surface area contributed by atoms with E-state index in [1.165, 1.54) is 0 Å². The molecule has 20 heavy (non-hydrogen) atoms. The zero-order valence-corrected chi connectivity index (χ0v) is 11.8. The molecule has 0 unspecified atom stereocenters. The molecule has 0 amide bonds. The predicted molar refractivity (Wildman–Crippen MR) is 80.4 cm³/mol. The van der Waals surface area contributed by atoms with E-state index >= 15 is 0 Å². The van der Waals surface area contributed by atoms with Crippen LogP contribution in [0.2, 0.25) is 0 Å². The molecule has 0 saturated carbocycles. The van der Waals surface area contributed by atoms with Gasteiger partial charge in [-0.15, -0.1) is 0 Å². The van der Waals surface area contributed by atoms with E-state index in [4.69, 9.17) is 4.74 Å². The van der Waals surface area contributed by atoms with Crippen molar-refractivity contribution in [2.45, 2.75) is 18.3 Å². The Labute approximate surface area is 120 Å². The number of methoxy groups -OCH3 is 1. The smallest absolute Gasteiger partial charge is 0.107 e. The lowest BCUT2D eigenvalue weighted by Gasteiger charge is -2.28. The Morgan fingerprint density at radius 3 is 1.85 bits per heavy atom. The molecule has 0 heterocycles. The van der Waals surface area contributed by atoms with Gasteiger partial charge in [0.2, 0.25) is 0 Å². The first kappa shape index (κ1) is 14.3. The summed E-state index contributed by atoms with van der Waals surface area (Å²) in [5, 5.41) is 9.89. The van der Waals surface area contributed by atoms with E-state index in [9.17, 15) is 5.26 Å². The molecule has 102 valence electrons. The maximum atomic E-state index is 9.89. The fraction of sp³-hybridized carbons (Fsp3) is 0.278. The maximum Gasteiger partial charge on any atom is 0.107 e.